The SMILES string of the molecule is Cc1ccc(CC(=O)N2CCN([C@H](C)C(=O)NC(N)=O)CC2)cc1. The van der Waals surface area contributed by atoms with Gasteiger partial charge in [-0.25, -0.2) is 4.79 Å². The van der Waals surface area contributed by atoms with Crippen molar-refractivity contribution in [2.45, 2.75) is 26.3 Å². The van der Waals surface area contributed by atoms with Crippen molar-refractivity contribution in [1.82, 2.24) is 15.1 Å². The summed E-state index contributed by atoms with van der Waals surface area (Å²) in [5.41, 5.74) is 7.13. The highest BCUT2D eigenvalue weighted by Crippen LogP contribution is 2.10. The van der Waals surface area contributed by atoms with Gasteiger partial charge in [0.1, 0.15) is 0 Å². The fourth-order valence-electron chi connectivity index (χ4n) is 2.74. The minimum atomic E-state index is -0.848. The molecule has 130 valence electrons. The number of benzene rings is 1. The van der Waals surface area contributed by atoms with E-state index in [1.54, 1.807) is 6.92 Å². The Kier molecular flexibility index (Phi) is 5.92. The molecule has 24 heavy (non-hydrogen) atoms. The van der Waals surface area contributed by atoms with Crippen LogP contribution in [0.25, 0.3) is 0 Å². The van der Waals surface area contributed by atoms with E-state index in [-0.39, 0.29) is 5.91 Å². The van der Waals surface area contributed by atoms with Gasteiger partial charge in [0, 0.05) is 26.2 Å². The second kappa shape index (κ2) is 7.92. The molecule has 1 heterocycles. The molecular formula is C17H24N4O3. The molecule has 0 spiro atoms. The lowest BCUT2D eigenvalue weighted by Crippen LogP contribution is -2.56. The van der Waals surface area contributed by atoms with E-state index in [4.69, 9.17) is 5.73 Å². The molecule has 4 amide bonds. The Bertz CT molecular complexity index is 607. The van der Waals surface area contributed by atoms with E-state index < -0.39 is 18.0 Å². The van der Waals surface area contributed by atoms with E-state index in [9.17, 15) is 14.4 Å². The van der Waals surface area contributed by atoms with Crippen LogP contribution >= 0.6 is 0 Å². The number of imide groups is 1. The summed E-state index contributed by atoms with van der Waals surface area (Å²) in [5.74, 6) is -0.324. The number of primary amides is 1. The topological polar surface area (TPSA) is 95.7 Å². The Morgan fingerprint density at radius 1 is 1.12 bits per heavy atom. The summed E-state index contributed by atoms with van der Waals surface area (Å²) < 4.78 is 0. The molecule has 0 aliphatic carbocycles. The first-order valence-electron chi connectivity index (χ1n) is 8.04. The molecule has 1 saturated heterocycles. The molecule has 1 aliphatic rings. The summed E-state index contributed by atoms with van der Waals surface area (Å²) >= 11 is 0. The van der Waals surface area contributed by atoms with E-state index in [0.29, 0.717) is 32.6 Å². The van der Waals surface area contributed by atoms with E-state index in [1.807, 2.05) is 41.0 Å². The van der Waals surface area contributed by atoms with Crippen LogP contribution in [0, 0.1) is 6.92 Å². The number of carbonyl (C=O) groups is 3. The molecular weight excluding hydrogens is 308 g/mol. The molecule has 1 aromatic rings. The molecule has 7 nitrogen and oxygen atoms in total. The Hall–Kier alpha value is -2.41. The van der Waals surface area contributed by atoms with Crippen LogP contribution in [-0.4, -0.2) is 59.9 Å². The lowest BCUT2D eigenvalue weighted by atomic mass is 10.1. The van der Waals surface area contributed by atoms with Gasteiger partial charge in [0.2, 0.25) is 11.8 Å². The number of hydrogen-bond acceptors (Lipinski definition) is 4. The van der Waals surface area contributed by atoms with Crippen LogP contribution in [0.2, 0.25) is 0 Å². The van der Waals surface area contributed by atoms with Gasteiger partial charge in [0.25, 0.3) is 0 Å². The lowest BCUT2D eigenvalue weighted by Gasteiger charge is -2.37. The van der Waals surface area contributed by atoms with E-state index >= 15 is 0 Å². The molecule has 0 unspecified atom stereocenters. The van der Waals surface area contributed by atoms with Crippen molar-refractivity contribution < 1.29 is 14.4 Å². The molecule has 1 aromatic carbocycles. The molecule has 0 aromatic heterocycles. The normalized spacial score (nSPS) is 16.5. The van der Waals surface area contributed by atoms with Crippen LogP contribution in [-0.2, 0) is 16.0 Å². The Morgan fingerprint density at radius 2 is 1.71 bits per heavy atom. The first kappa shape index (κ1) is 17.9. The zero-order chi connectivity index (χ0) is 17.7. The summed E-state index contributed by atoms with van der Waals surface area (Å²) in [7, 11) is 0. The minimum absolute atomic E-state index is 0.0905. The van der Waals surface area contributed by atoms with Crippen molar-refractivity contribution in [2.75, 3.05) is 26.2 Å². The molecule has 0 radical (unpaired) electrons. The first-order chi connectivity index (χ1) is 11.4. The second-order valence-electron chi connectivity index (χ2n) is 6.11. The molecule has 0 saturated carbocycles. The first-order valence-corrected chi connectivity index (χ1v) is 8.04. The number of piperazine rings is 1. The van der Waals surface area contributed by atoms with Crippen molar-refractivity contribution in [3.63, 3.8) is 0 Å². The highest BCUT2D eigenvalue weighted by molar-refractivity contribution is 5.96. The zero-order valence-electron chi connectivity index (χ0n) is 14.1. The highest BCUT2D eigenvalue weighted by atomic mass is 16.2. The standard InChI is InChI=1S/C17H24N4O3/c1-12-3-5-14(6-4-12)11-15(22)21-9-7-20(8-10-21)13(2)16(23)19-17(18)24/h3-6,13H,7-11H2,1-2H3,(H3,18,19,23,24)/t13-/m1/s1. The number of nitrogens with one attached hydrogen (secondary N) is 1. The predicted molar refractivity (Wildman–Crippen MR) is 90.2 cm³/mol. The third-order valence-corrected chi connectivity index (χ3v) is 4.32. The lowest BCUT2D eigenvalue weighted by molar-refractivity contribution is -0.133. The molecule has 1 aliphatic heterocycles. The maximum Gasteiger partial charge on any atom is 0.318 e. The van der Waals surface area contributed by atoms with Gasteiger partial charge in [-0.1, -0.05) is 29.8 Å². The predicted octanol–water partition coefficient (Wildman–Crippen LogP) is 0.265. The van der Waals surface area contributed by atoms with Crippen molar-refractivity contribution >= 4 is 17.8 Å². The van der Waals surface area contributed by atoms with Gasteiger partial charge in [0.15, 0.2) is 0 Å². The molecule has 3 N–H and O–H groups in total. The number of nitrogens with zero attached hydrogens (tertiary/aromatic N) is 2. The molecule has 2 rings (SSSR count). The van der Waals surface area contributed by atoms with E-state index in [1.165, 1.54) is 5.56 Å². The van der Waals surface area contributed by atoms with Crippen molar-refractivity contribution in [3.05, 3.63) is 35.4 Å². The summed E-state index contributed by atoms with van der Waals surface area (Å²) in [6.45, 7) is 6.06. The van der Waals surface area contributed by atoms with Crippen LogP contribution in [0.5, 0.6) is 0 Å². The quantitative estimate of drug-likeness (QED) is 0.827. The van der Waals surface area contributed by atoms with Gasteiger partial charge < -0.3 is 10.6 Å². The summed E-state index contributed by atoms with van der Waals surface area (Å²) in [4.78, 5) is 38.7. The summed E-state index contributed by atoms with van der Waals surface area (Å²) in [6, 6.07) is 6.64. The number of nitrogens with two attached hydrogens (primary N) is 1. The average Bonchev–Trinajstić information content (AvgIpc) is 2.55. The Morgan fingerprint density at radius 3 is 2.25 bits per heavy atom. The van der Waals surface area contributed by atoms with Crippen molar-refractivity contribution in [1.29, 1.82) is 0 Å². The molecule has 1 atom stereocenters. The van der Waals surface area contributed by atoms with Gasteiger partial charge in [-0.3, -0.25) is 19.8 Å². The highest BCUT2D eigenvalue weighted by Gasteiger charge is 2.27. The number of urea groups is 1. The van der Waals surface area contributed by atoms with Crippen LogP contribution in [0.3, 0.4) is 0 Å². The van der Waals surface area contributed by atoms with Gasteiger partial charge in [-0.05, 0) is 19.4 Å². The van der Waals surface area contributed by atoms with Crippen molar-refractivity contribution in [2.24, 2.45) is 5.73 Å². The van der Waals surface area contributed by atoms with E-state index in [2.05, 4.69) is 5.32 Å². The van der Waals surface area contributed by atoms with Gasteiger partial charge >= 0.3 is 6.03 Å². The zero-order valence-corrected chi connectivity index (χ0v) is 14.1. The maximum atomic E-state index is 12.4. The fourth-order valence-corrected chi connectivity index (χ4v) is 2.74. The van der Waals surface area contributed by atoms with Crippen LogP contribution in [0.15, 0.2) is 24.3 Å². The third kappa shape index (κ3) is 4.79. The third-order valence-electron chi connectivity index (χ3n) is 4.32. The number of hydrogen-bond donors (Lipinski definition) is 2. The van der Waals surface area contributed by atoms with Crippen LogP contribution in [0.4, 0.5) is 4.79 Å². The maximum absolute atomic E-state index is 12.4. The van der Waals surface area contributed by atoms with Gasteiger partial charge in [-0.15, -0.1) is 0 Å². The summed E-state index contributed by atoms with van der Waals surface area (Å²) in [5, 5.41) is 2.09. The monoisotopic (exact) mass is 332 g/mol. The van der Waals surface area contributed by atoms with Crippen LogP contribution < -0.4 is 11.1 Å². The Balaban J connectivity index is 1.83. The van der Waals surface area contributed by atoms with Gasteiger partial charge in [-0.2, -0.15) is 0 Å². The fraction of sp³-hybridized carbons (Fsp3) is 0.471. The minimum Gasteiger partial charge on any atom is -0.351 e. The van der Waals surface area contributed by atoms with Gasteiger partial charge in [0.05, 0.1) is 12.5 Å². The summed E-state index contributed by atoms with van der Waals surface area (Å²) in [6.07, 6.45) is 0.387. The number of rotatable bonds is 4. The van der Waals surface area contributed by atoms with Crippen LogP contribution in [0.1, 0.15) is 18.1 Å². The number of carbonyl (C=O) groups excluding carboxylic acids is 3. The smallest absolute Gasteiger partial charge is 0.318 e. The second-order valence-corrected chi connectivity index (χ2v) is 6.11. The molecule has 0 bridgehead atoms. The van der Waals surface area contributed by atoms with E-state index in [0.717, 1.165) is 5.56 Å². The average molecular weight is 332 g/mol. The molecule has 7 heteroatoms. The number of aryl methyl sites for hydroxylation is 1. The van der Waals surface area contributed by atoms with Crippen molar-refractivity contribution in [3.8, 4) is 0 Å². The Labute approximate surface area is 141 Å². The largest absolute Gasteiger partial charge is 0.351 e. The molecule has 1 fully saturated rings. The number of amides is 4.